The van der Waals surface area contributed by atoms with E-state index in [9.17, 15) is 4.79 Å². The Morgan fingerprint density at radius 1 is 1.19 bits per heavy atom. The van der Waals surface area contributed by atoms with Crippen LogP contribution in [-0.2, 0) is 13.7 Å². The normalized spacial score (nSPS) is 11.0. The van der Waals surface area contributed by atoms with Gasteiger partial charge in [0.25, 0.3) is 0 Å². The zero-order valence-electron chi connectivity index (χ0n) is 14.9. The first-order valence-electron chi connectivity index (χ1n) is 8.13. The molecular formula is C20H20N2O4. The summed E-state index contributed by atoms with van der Waals surface area (Å²) < 4.78 is 18.1. The molecule has 0 aliphatic rings. The average Bonchev–Trinajstić information content (AvgIpc) is 3.25. The minimum Gasteiger partial charge on any atom is -0.497 e. The average molecular weight is 352 g/mol. The van der Waals surface area contributed by atoms with E-state index in [2.05, 4.69) is 5.10 Å². The second-order valence-electron chi connectivity index (χ2n) is 5.73. The van der Waals surface area contributed by atoms with Crippen molar-refractivity contribution in [2.45, 2.75) is 13.5 Å². The molecule has 0 amide bonds. The summed E-state index contributed by atoms with van der Waals surface area (Å²) in [5.74, 6) is 2.65. The number of hydrogen-bond acceptors (Lipinski definition) is 5. The van der Waals surface area contributed by atoms with Crippen LogP contribution >= 0.6 is 0 Å². The topological polar surface area (TPSA) is 66.5 Å². The van der Waals surface area contributed by atoms with Gasteiger partial charge in [0, 0.05) is 12.7 Å². The molecule has 0 N–H and O–H groups in total. The molecule has 0 atom stereocenters. The number of ketones is 1. The second kappa shape index (κ2) is 7.74. The van der Waals surface area contributed by atoms with Gasteiger partial charge in [-0.25, -0.2) is 0 Å². The van der Waals surface area contributed by atoms with E-state index in [1.807, 2.05) is 37.3 Å². The van der Waals surface area contributed by atoms with Crippen molar-refractivity contribution >= 4 is 11.9 Å². The molecule has 3 rings (SSSR count). The summed E-state index contributed by atoms with van der Waals surface area (Å²) in [5.41, 5.74) is 1.41. The Morgan fingerprint density at radius 2 is 1.92 bits per heavy atom. The molecule has 3 aromatic rings. The number of carbonyl (C=O) groups is 1. The number of benzene rings is 1. The maximum absolute atomic E-state index is 12.2. The number of hydrogen-bond donors (Lipinski definition) is 0. The summed E-state index contributed by atoms with van der Waals surface area (Å²) in [4.78, 5) is 12.2. The number of allylic oxidation sites excluding steroid dienone is 1. The van der Waals surface area contributed by atoms with Crippen LogP contribution in [0.1, 0.15) is 27.6 Å². The van der Waals surface area contributed by atoms with Crippen molar-refractivity contribution in [1.29, 1.82) is 0 Å². The lowest BCUT2D eigenvalue weighted by Gasteiger charge is -2.05. The highest BCUT2D eigenvalue weighted by atomic mass is 16.5. The van der Waals surface area contributed by atoms with E-state index in [0.29, 0.717) is 23.7 Å². The lowest BCUT2D eigenvalue weighted by molar-refractivity contribution is 0.104. The predicted octanol–water partition coefficient (Wildman–Crippen LogP) is 3.81. The van der Waals surface area contributed by atoms with Crippen LogP contribution < -0.4 is 9.47 Å². The largest absolute Gasteiger partial charge is 0.497 e. The van der Waals surface area contributed by atoms with Crippen LogP contribution in [0.5, 0.6) is 11.5 Å². The minimum absolute atomic E-state index is 0.108. The Balaban J connectivity index is 1.58. The predicted molar refractivity (Wildman–Crippen MR) is 97.3 cm³/mol. The second-order valence-corrected chi connectivity index (χ2v) is 5.73. The van der Waals surface area contributed by atoms with Crippen LogP contribution in [0.25, 0.3) is 6.08 Å². The fraction of sp³-hybridized carbons (Fsp3) is 0.200. The summed E-state index contributed by atoms with van der Waals surface area (Å²) in [5, 5.41) is 4.07. The maximum Gasteiger partial charge on any atom is 0.189 e. The molecule has 26 heavy (non-hydrogen) atoms. The van der Waals surface area contributed by atoms with Crippen molar-refractivity contribution in [3.63, 3.8) is 0 Å². The van der Waals surface area contributed by atoms with Gasteiger partial charge in [-0.15, -0.1) is 0 Å². The van der Waals surface area contributed by atoms with E-state index < -0.39 is 0 Å². The number of aryl methyl sites for hydroxylation is 1. The molecule has 2 aromatic heterocycles. The van der Waals surface area contributed by atoms with Gasteiger partial charge in [0.2, 0.25) is 0 Å². The van der Waals surface area contributed by atoms with Gasteiger partial charge in [-0.05, 0) is 55.5 Å². The molecule has 0 saturated heterocycles. The maximum atomic E-state index is 12.2. The number of furan rings is 1. The van der Waals surface area contributed by atoms with Crippen LogP contribution in [0, 0.1) is 6.92 Å². The van der Waals surface area contributed by atoms with Crippen LogP contribution in [0.15, 0.2) is 53.1 Å². The molecule has 0 fully saturated rings. The van der Waals surface area contributed by atoms with E-state index in [4.69, 9.17) is 13.9 Å². The summed E-state index contributed by atoms with van der Waals surface area (Å²) in [6.07, 6.45) is 4.70. The lowest BCUT2D eigenvalue weighted by atomic mass is 10.1. The Bertz CT molecular complexity index is 920. The fourth-order valence-electron chi connectivity index (χ4n) is 2.38. The van der Waals surface area contributed by atoms with Crippen molar-refractivity contribution < 1.29 is 18.7 Å². The van der Waals surface area contributed by atoms with Gasteiger partial charge in [-0.3, -0.25) is 9.48 Å². The smallest absolute Gasteiger partial charge is 0.189 e. The molecule has 2 heterocycles. The molecular weight excluding hydrogens is 332 g/mol. The number of ether oxygens (including phenoxy) is 2. The molecule has 134 valence electrons. The van der Waals surface area contributed by atoms with Crippen molar-refractivity contribution in [2.24, 2.45) is 7.05 Å². The summed E-state index contributed by atoms with van der Waals surface area (Å²) >= 11 is 0. The molecule has 0 radical (unpaired) electrons. The molecule has 0 aliphatic heterocycles. The first-order valence-corrected chi connectivity index (χ1v) is 8.13. The van der Waals surface area contributed by atoms with Gasteiger partial charge in [-0.1, -0.05) is 0 Å². The van der Waals surface area contributed by atoms with E-state index in [0.717, 1.165) is 17.2 Å². The fourth-order valence-corrected chi connectivity index (χ4v) is 2.38. The summed E-state index contributed by atoms with van der Waals surface area (Å²) in [6.45, 7) is 2.16. The van der Waals surface area contributed by atoms with Gasteiger partial charge < -0.3 is 13.9 Å². The molecule has 0 aliphatic carbocycles. The SMILES string of the molecule is COc1ccc(OCc2ccc(/C=C/C(=O)c3cnn(C)c3C)o2)cc1. The van der Waals surface area contributed by atoms with E-state index >= 15 is 0 Å². The molecule has 0 unspecified atom stereocenters. The standard InChI is InChI=1S/C20H20N2O4/c1-14-19(12-21-22(14)2)20(23)11-10-17-8-9-18(26-17)13-25-16-6-4-15(24-3)5-7-16/h4-12H,13H2,1-3H3/b11-10+. The highest BCUT2D eigenvalue weighted by Crippen LogP contribution is 2.19. The van der Waals surface area contributed by atoms with Gasteiger partial charge >= 0.3 is 0 Å². The quantitative estimate of drug-likeness (QED) is 0.478. The molecule has 0 saturated carbocycles. The zero-order chi connectivity index (χ0) is 18.5. The van der Waals surface area contributed by atoms with E-state index in [1.54, 1.807) is 37.2 Å². The number of methoxy groups -OCH3 is 1. The third-order valence-electron chi connectivity index (χ3n) is 4.02. The number of nitrogens with zero attached hydrogens (tertiary/aromatic N) is 2. The lowest BCUT2D eigenvalue weighted by Crippen LogP contribution is -1.98. The van der Waals surface area contributed by atoms with Crippen LogP contribution in [0.2, 0.25) is 0 Å². The molecule has 6 nitrogen and oxygen atoms in total. The third-order valence-corrected chi connectivity index (χ3v) is 4.02. The molecule has 1 aromatic carbocycles. The first-order chi connectivity index (χ1) is 12.6. The minimum atomic E-state index is -0.108. The third kappa shape index (κ3) is 4.03. The highest BCUT2D eigenvalue weighted by molar-refractivity contribution is 6.07. The van der Waals surface area contributed by atoms with Crippen LogP contribution in [-0.4, -0.2) is 22.7 Å². The van der Waals surface area contributed by atoms with Gasteiger partial charge in [-0.2, -0.15) is 5.10 Å². The summed E-state index contributed by atoms with van der Waals surface area (Å²) in [6, 6.07) is 10.9. The monoisotopic (exact) mass is 352 g/mol. The van der Waals surface area contributed by atoms with Gasteiger partial charge in [0.15, 0.2) is 5.78 Å². The van der Waals surface area contributed by atoms with Crippen molar-refractivity contribution in [1.82, 2.24) is 9.78 Å². The Labute approximate surface area is 151 Å². The highest BCUT2D eigenvalue weighted by Gasteiger charge is 2.10. The Hall–Kier alpha value is -3.28. The Kier molecular flexibility index (Phi) is 5.22. The number of rotatable bonds is 7. The first kappa shape index (κ1) is 17.5. The van der Waals surface area contributed by atoms with Gasteiger partial charge in [0.1, 0.15) is 29.6 Å². The Morgan fingerprint density at radius 3 is 2.58 bits per heavy atom. The zero-order valence-corrected chi connectivity index (χ0v) is 14.9. The van der Waals surface area contributed by atoms with E-state index in [-0.39, 0.29) is 5.78 Å². The van der Waals surface area contributed by atoms with Crippen molar-refractivity contribution in [3.8, 4) is 11.5 Å². The van der Waals surface area contributed by atoms with E-state index in [1.165, 1.54) is 6.08 Å². The van der Waals surface area contributed by atoms with Crippen molar-refractivity contribution in [3.05, 3.63) is 71.4 Å². The van der Waals surface area contributed by atoms with Crippen molar-refractivity contribution in [2.75, 3.05) is 7.11 Å². The number of aromatic nitrogens is 2. The molecule has 0 bridgehead atoms. The molecule has 0 spiro atoms. The summed E-state index contributed by atoms with van der Waals surface area (Å²) in [7, 11) is 3.42. The number of carbonyl (C=O) groups excluding carboxylic acids is 1. The molecule has 6 heteroatoms. The van der Waals surface area contributed by atoms with Crippen LogP contribution in [0.4, 0.5) is 0 Å². The van der Waals surface area contributed by atoms with Crippen LogP contribution in [0.3, 0.4) is 0 Å². The van der Waals surface area contributed by atoms with Gasteiger partial charge in [0.05, 0.1) is 18.9 Å².